The minimum atomic E-state index is 0. The fourth-order valence-corrected chi connectivity index (χ4v) is 4.45. The third-order valence-corrected chi connectivity index (χ3v) is 5.27. The van der Waals surface area contributed by atoms with E-state index in [1.807, 2.05) is 6.08 Å². The number of hydrogen-bond acceptors (Lipinski definition) is 1. The highest BCUT2D eigenvalue weighted by Crippen LogP contribution is 2.61. The Bertz CT molecular complexity index is 644. The Labute approximate surface area is 138 Å². The molecular formula is C20H22ClN. The molecule has 2 aliphatic rings. The van der Waals surface area contributed by atoms with Crippen molar-refractivity contribution in [1.29, 1.82) is 0 Å². The lowest BCUT2D eigenvalue weighted by Crippen LogP contribution is -2.29. The summed E-state index contributed by atoms with van der Waals surface area (Å²) in [6.45, 7) is 5.72. The van der Waals surface area contributed by atoms with Gasteiger partial charge in [0.1, 0.15) is 0 Å². The van der Waals surface area contributed by atoms with Gasteiger partial charge in [-0.15, -0.1) is 19.0 Å². The molecule has 0 saturated heterocycles. The van der Waals surface area contributed by atoms with Crippen molar-refractivity contribution in [3.8, 4) is 0 Å². The highest BCUT2D eigenvalue weighted by atomic mass is 35.5. The molecule has 0 aromatic heterocycles. The molecule has 114 valence electrons. The van der Waals surface area contributed by atoms with Gasteiger partial charge in [0, 0.05) is 17.9 Å². The van der Waals surface area contributed by atoms with E-state index in [1.54, 1.807) is 22.3 Å². The molecule has 0 heterocycles. The van der Waals surface area contributed by atoms with E-state index in [9.17, 15) is 0 Å². The minimum absolute atomic E-state index is 0. The predicted octanol–water partition coefficient (Wildman–Crippen LogP) is 4.41. The first-order chi connectivity index (χ1) is 10.4. The summed E-state index contributed by atoms with van der Waals surface area (Å²) < 4.78 is 0. The minimum Gasteiger partial charge on any atom is -0.313 e. The Morgan fingerprint density at radius 2 is 1.64 bits per heavy atom. The number of nitrogens with one attached hydrogen (secondary N) is 1. The van der Waals surface area contributed by atoms with Gasteiger partial charge in [-0.1, -0.05) is 54.6 Å². The molecule has 22 heavy (non-hydrogen) atoms. The largest absolute Gasteiger partial charge is 0.313 e. The first kappa shape index (κ1) is 15.3. The molecule has 2 bridgehead atoms. The molecule has 1 nitrogen and oxygen atoms in total. The molecule has 0 atom stereocenters. The Kier molecular flexibility index (Phi) is 4.12. The van der Waals surface area contributed by atoms with Gasteiger partial charge in [-0.05, 0) is 41.6 Å². The molecule has 2 aromatic carbocycles. The van der Waals surface area contributed by atoms with Crippen LogP contribution in [-0.2, 0) is 5.41 Å². The van der Waals surface area contributed by atoms with Crippen LogP contribution in [0.2, 0.25) is 0 Å². The lowest BCUT2D eigenvalue weighted by atomic mass is 9.73. The summed E-state index contributed by atoms with van der Waals surface area (Å²) in [6.07, 6.45) is 4.36. The van der Waals surface area contributed by atoms with Crippen LogP contribution in [0.25, 0.3) is 0 Å². The van der Waals surface area contributed by atoms with Crippen LogP contribution in [0, 0.1) is 0 Å². The third kappa shape index (κ3) is 2.04. The second-order valence-electron chi connectivity index (χ2n) is 6.26. The first-order valence-corrected chi connectivity index (χ1v) is 7.87. The van der Waals surface area contributed by atoms with Gasteiger partial charge in [0.05, 0.1) is 0 Å². The van der Waals surface area contributed by atoms with E-state index in [4.69, 9.17) is 0 Å². The van der Waals surface area contributed by atoms with Crippen molar-refractivity contribution in [1.82, 2.24) is 5.32 Å². The van der Waals surface area contributed by atoms with Gasteiger partial charge >= 0.3 is 0 Å². The smallest absolute Gasteiger partial charge is 0.0229 e. The lowest BCUT2D eigenvalue weighted by Gasteiger charge is -2.31. The SMILES string of the molecule is C=CCNCCC12CC(c3ccccc31)c1ccccc12.Cl. The maximum Gasteiger partial charge on any atom is 0.0229 e. The Morgan fingerprint density at radius 1 is 1.05 bits per heavy atom. The highest BCUT2D eigenvalue weighted by Gasteiger charge is 2.51. The number of rotatable bonds is 5. The summed E-state index contributed by atoms with van der Waals surface area (Å²) in [7, 11) is 0. The van der Waals surface area contributed by atoms with E-state index in [0.717, 1.165) is 13.1 Å². The Balaban J connectivity index is 0.00000144. The molecule has 0 amide bonds. The van der Waals surface area contributed by atoms with Crippen LogP contribution in [-0.4, -0.2) is 13.1 Å². The van der Waals surface area contributed by atoms with E-state index in [-0.39, 0.29) is 17.8 Å². The van der Waals surface area contributed by atoms with Crippen molar-refractivity contribution in [2.75, 3.05) is 13.1 Å². The van der Waals surface area contributed by atoms with E-state index < -0.39 is 0 Å². The molecule has 0 radical (unpaired) electrons. The third-order valence-electron chi connectivity index (χ3n) is 5.27. The van der Waals surface area contributed by atoms with Crippen LogP contribution in [0.1, 0.15) is 41.0 Å². The molecule has 4 rings (SSSR count). The van der Waals surface area contributed by atoms with Crippen molar-refractivity contribution < 1.29 is 0 Å². The molecule has 2 heteroatoms. The number of hydrogen-bond donors (Lipinski definition) is 1. The summed E-state index contributed by atoms with van der Waals surface area (Å²) in [5.74, 6) is 0.608. The Hall–Kier alpha value is -1.57. The maximum atomic E-state index is 3.79. The van der Waals surface area contributed by atoms with Crippen molar-refractivity contribution in [3.63, 3.8) is 0 Å². The van der Waals surface area contributed by atoms with Gasteiger partial charge in [0.15, 0.2) is 0 Å². The zero-order valence-corrected chi connectivity index (χ0v) is 13.5. The maximum absolute atomic E-state index is 3.79. The van der Waals surface area contributed by atoms with Crippen LogP contribution < -0.4 is 5.32 Å². The van der Waals surface area contributed by atoms with E-state index in [2.05, 4.69) is 60.4 Å². The molecular weight excluding hydrogens is 290 g/mol. The lowest BCUT2D eigenvalue weighted by molar-refractivity contribution is 0.471. The second kappa shape index (κ2) is 5.91. The summed E-state index contributed by atoms with van der Waals surface area (Å²) in [5.41, 5.74) is 6.47. The van der Waals surface area contributed by atoms with Gasteiger partial charge in [0.2, 0.25) is 0 Å². The van der Waals surface area contributed by atoms with Crippen LogP contribution in [0.15, 0.2) is 61.2 Å². The van der Waals surface area contributed by atoms with Gasteiger partial charge in [-0.2, -0.15) is 0 Å². The normalized spacial score (nSPS) is 23.5. The standard InChI is InChI=1S/C20H21N.ClH/c1-2-12-21-13-11-20-14-17(15-7-3-5-9-18(15)20)16-8-4-6-10-19(16)20;/h2-10,17,21H,1,11-14H2;1H. The van der Waals surface area contributed by atoms with Crippen molar-refractivity contribution in [3.05, 3.63) is 83.4 Å². The highest BCUT2D eigenvalue weighted by molar-refractivity contribution is 5.85. The summed E-state index contributed by atoms with van der Waals surface area (Å²) in [6, 6.07) is 18.1. The molecule has 0 unspecified atom stereocenters. The summed E-state index contributed by atoms with van der Waals surface area (Å²) >= 11 is 0. The van der Waals surface area contributed by atoms with Gasteiger partial charge < -0.3 is 5.32 Å². The second-order valence-corrected chi connectivity index (χ2v) is 6.26. The molecule has 1 N–H and O–H groups in total. The molecule has 0 aliphatic heterocycles. The molecule has 0 saturated carbocycles. The van der Waals surface area contributed by atoms with Crippen LogP contribution in [0.4, 0.5) is 0 Å². The van der Waals surface area contributed by atoms with E-state index >= 15 is 0 Å². The zero-order chi connectivity index (χ0) is 14.3. The molecule has 2 aromatic rings. The van der Waals surface area contributed by atoms with Crippen LogP contribution in [0.3, 0.4) is 0 Å². The molecule has 2 aliphatic carbocycles. The van der Waals surface area contributed by atoms with E-state index in [0.29, 0.717) is 5.92 Å². The monoisotopic (exact) mass is 311 g/mol. The number of benzene rings is 2. The van der Waals surface area contributed by atoms with Crippen LogP contribution >= 0.6 is 12.4 Å². The Morgan fingerprint density at radius 3 is 2.23 bits per heavy atom. The van der Waals surface area contributed by atoms with Crippen molar-refractivity contribution >= 4 is 12.4 Å². The average Bonchev–Trinajstić information content (AvgIpc) is 3.05. The molecule has 0 fully saturated rings. The van der Waals surface area contributed by atoms with Gasteiger partial charge in [-0.3, -0.25) is 0 Å². The quantitative estimate of drug-likeness (QED) is 0.637. The predicted molar refractivity (Wildman–Crippen MR) is 95.1 cm³/mol. The first-order valence-electron chi connectivity index (χ1n) is 7.87. The summed E-state index contributed by atoms with van der Waals surface area (Å²) in [4.78, 5) is 0. The fraction of sp³-hybridized carbons (Fsp3) is 0.300. The topological polar surface area (TPSA) is 12.0 Å². The zero-order valence-electron chi connectivity index (χ0n) is 12.7. The van der Waals surface area contributed by atoms with Gasteiger partial charge in [-0.25, -0.2) is 0 Å². The van der Waals surface area contributed by atoms with Crippen molar-refractivity contribution in [2.45, 2.75) is 24.2 Å². The number of halogens is 1. The molecule has 0 spiro atoms. The van der Waals surface area contributed by atoms with Crippen LogP contribution in [0.5, 0.6) is 0 Å². The number of fused-ring (bicyclic) bond motifs is 8. The van der Waals surface area contributed by atoms with Crippen molar-refractivity contribution in [2.24, 2.45) is 0 Å². The average molecular weight is 312 g/mol. The van der Waals surface area contributed by atoms with E-state index in [1.165, 1.54) is 12.8 Å². The summed E-state index contributed by atoms with van der Waals surface area (Å²) in [5, 5.41) is 3.48. The fourth-order valence-electron chi connectivity index (χ4n) is 4.45. The van der Waals surface area contributed by atoms with Gasteiger partial charge in [0.25, 0.3) is 0 Å².